The summed E-state index contributed by atoms with van der Waals surface area (Å²) in [5, 5.41) is 0. The van der Waals surface area contributed by atoms with Gasteiger partial charge in [-0.3, -0.25) is 0 Å². The van der Waals surface area contributed by atoms with Crippen LogP contribution in [0.25, 0.3) is 5.57 Å². The minimum atomic E-state index is 0.578. The summed E-state index contributed by atoms with van der Waals surface area (Å²) in [6, 6.07) is 7.09. The summed E-state index contributed by atoms with van der Waals surface area (Å²) in [5.74, 6) is 1.26. The first-order valence-corrected chi connectivity index (χ1v) is 10.3. The van der Waals surface area contributed by atoms with Crippen LogP contribution in [0.3, 0.4) is 0 Å². The molecule has 1 atom stereocenters. The van der Waals surface area contributed by atoms with Crippen molar-refractivity contribution in [3.8, 4) is 0 Å². The van der Waals surface area contributed by atoms with Crippen LogP contribution < -0.4 is 5.73 Å². The highest BCUT2D eigenvalue weighted by Crippen LogP contribution is 2.36. The molecule has 0 aliphatic rings. The number of rotatable bonds is 10. The zero-order valence-electron chi connectivity index (χ0n) is 17.9. The van der Waals surface area contributed by atoms with E-state index in [0.29, 0.717) is 17.5 Å². The van der Waals surface area contributed by atoms with E-state index in [1.165, 1.54) is 48.8 Å². The lowest BCUT2D eigenvalue weighted by atomic mass is 9.81. The zero-order valence-corrected chi connectivity index (χ0v) is 17.9. The van der Waals surface area contributed by atoms with Crippen molar-refractivity contribution >= 4 is 5.57 Å². The minimum Gasteiger partial charge on any atom is -0.399 e. The van der Waals surface area contributed by atoms with E-state index in [0.717, 1.165) is 5.57 Å². The van der Waals surface area contributed by atoms with E-state index < -0.39 is 0 Å². The Kier molecular flexibility index (Phi) is 9.48. The summed E-state index contributed by atoms with van der Waals surface area (Å²) in [4.78, 5) is 0. The zero-order chi connectivity index (χ0) is 19.7. The molecule has 0 amide bonds. The van der Waals surface area contributed by atoms with Gasteiger partial charge in [0.15, 0.2) is 0 Å². The van der Waals surface area contributed by atoms with Crippen LogP contribution in [0.4, 0.5) is 0 Å². The maximum atomic E-state index is 5.86. The van der Waals surface area contributed by atoms with Crippen molar-refractivity contribution in [1.82, 2.24) is 0 Å². The number of allylic oxidation sites excluding steroid dienone is 4. The second-order valence-corrected chi connectivity index (χ2v) is 7.52. The van der Waals surface area contributed by atoms with E-state index in [1.807, 2.05) is 6.92 Å². The minimum absolute atomic E-state index is 0.578. The van der Waals surface area contributed by atoms with Crippen LogP contribution in [-0.4, -0.2) is 0 Å². The van der Waals surface area contributed by atoms with Crippen molar-refractivity contribution in [2.75, 3.05) is 0 Å². The van der Waals surface area contributed by atoms with Crippen LogP contribution in [0.15, 0.2) is 48.2 Å². The standard InChI is InChI=1S/C25H39N/c1-8-12-22(13-9-2)24-15-14-23(17-25(24)18(5)10-3)21(11-4)16-19(6)20(7)26/h11,14-18,22H,7-10,12-13,26H2,1-6H3/b19-16-,21-11+. The summed E-state index contributed by atoms with van der Waals surface area (Å²) in [6.07, 6.45) is 10.5. The van der Waals surface area contributed by atoms with Gasteiger partial charge in [-0.2, -0.15) is 0 Å². The molecule has 144 valence electrons. The summed E-state index contributed by atoms with van der Waals surface area (Å²) in [5.41, 5.74) is 13.1. The van der Waals surface area contributed by atoms with Crippen LogP contribution in [0.1, 0.15) is 102 Å². The van der Waals surface area contributed by atoms with Gasteiger partial charge >= 0.3 is 0 Å². The van der Waals surface area contributed by atoms with E-state index >= 15 is 0 Å². The molecular formula is C25H39N. The third kappa shape index (κ3) is 5.90. The molecule has 0 saturated carbocycles. The average molecular weight is 354 g/mol. The predicted molar refractivity (Wildman–Crippen MR) is 118 cm³/mol. The Balaban J connectivity index is 3.42. The smallest absolute Gasteiger partial charge is 0.0270 e. The van der Waals surface area contributed by atoms with Gasteiger partial charge in [-0.05, 0) is 78.9 Å². The first-order valence-electron chi connectivity index (χ1n) is 10.3. The molecule has 1 heteroatoms. The summed E-state index contributed by atoms with van der Waals surface area (Å²) < 4.78 is 0. The van der Waals surface area contributed by atoms with E-state index in [2.05, 4.69) is 71.5 Å². The fourth-order valence-electron chi connectivity index (χ4n) is 3.58. The van der Waals surface area contributed by atoms with Crippen LogP contribution in [0.2, 0.25) is 0 Å². The van der Waals surface area contributed by atoms with Gasteiger partial charge in [0.1, 0.15) is 0 Å². The molecular weight excluding hydrogens is 314 g/mol. The Morgan fingerprint density at radius 1 is 1.12 bits per heavy atom. The largest absolute Gasteiger partial charge is 0.399 e. The van der Waals surface area contributed by atoms with Gasteiger partial charge in [-0.1, -0.05) is 71.4 Å². The van der Waals surface area contributed by atoms with Gasteiger partial charge in [0.2, 0.25) is 0 Å². The van der Waals surface area contributed by atoms with E-state index in [4.69, 9.17) is 5.73 Å². The molecule has 0 aliphatic carbocycles. The first kappa shape index (κ1) is 22.3. The molecule has 0 fully saturated rings. The molecule has 1 unspecified atom stereocenters. The van der Waals surface area contributed by atoms with E-state index in [-0.39, 0.29) is 0 Å². The highest BCUT2D eigenvalue weighted by atomic mass is 14.6. The molecule has 0 bridgehead atoms. The monoisotopic (exact) mass is 353 g/mol. The fourth-order valence-corrected chi connectivity index (χ4v) is 3.58. The molecule has 0 heterocycles. The molecule has 1 rings (SSSR count). The lowest BCUT2D eigenvalue weighted by Gasteiger charge is -2.24. The topological polar surface area (TPSA) is 26.0 Å². The van der Waals surface area contributed by atoms with Gasteiger partial charge in [0.05, 0.1) is 0 Å². The molecule has 1 aromatic carbocycles. The average Bonchev–Trinajstić information content (AvgIpc) is 2.64. The Hall–Kier alpha value is -1.76. The van der Waals surface area contributed by atoms with Crippen molar-refractivity contribution in [1.29, 1.82) is 0 Å². The molecule has 1 nitrogen and oxygen atoms in total. The summed E-state index contributed by atoms with van der Waals surface area (Å²) in [7, 11) is 0. The van der Waals surface area contributed by atoms with Crippen molar-refractivity contribution in [2.45, 2.75) is 85.5 Å². The van der Waals surface area contributed by atoms with Gasteiger partial charge in [-0.15, -0.1) is 0 Å². The quantitative estimate of drug-likeness (QED) is 0.428. The van der Waals surface area contributed by atoms with Crippen molar-refractivity contribution in [3.63, 3.8) is 0 Å². The van der Waals surface area contributed by atoms with Crippen molar-refractivity contribution < 1.29 is 0 Å². The van der Waals surface area contributed by atoms with Gasteiger partial charge in [0, 0.05) is 5.70 Å². The van der Waals surface area contributed by atoms with Crippen LogP contribution in [0, 0.1) is 0 Å². The van der Waals surface area contributed by atoms with Gasteiger partial charge in [0.25, 0.3) is 0 Å². The van der Waals surface area contributed by atoms with Crippen LogP contribution >= 0.6 is 0 Å². The molecule has 0 aromatic heterocycles. The second-order valence-electron chi connectivity index (χ2n) is 7.52. The van der Waals surface area contributed by atoms with Gasteiger partial charge in [-0.25, -0.2) is 0 Å². The highest BCUT2D eigenvalue weighted by Gasteiger charge is 2.18. The normalized spacial score (nSPS) is 14.0. The van der Waals surface area contributed by atoms with Crippen LogP contribution in [0.5, 0.6) is 0 Å². The highest BCUT2D eigenvalue weighted by molar-refractivity contribution is 5.76. The second kappa shape index (κ2) is 11.1. The van der Waals surface area contributed by atoms with Crippen molar-refractivity contribution in [2.24, 2.45) is 5.73 Å². The van der Waals surface area contributed by atoms with Gasteiger partial charge < -0.3 is 5.73 Å². The Bertz CT molecular complexity index is 642. The Labute approximate surface area is 162 Å². The van der Waals surface area contributed by atoms with E-state index in [9.17, 15) is 0 Å². The number of nitrogens with two attached hydrogens (primary N) is 1. The third-order valence-corrected chi connectivity index (χ3v) is 5.47. The van der Waals surface area contributed by atoms with E-state index in [1.54, 1.807) is 5.56 Å². The Morgan fingerprint density at radius 2 is 1.73 bits per heavy atom. The SMILES string of the molecule is C=C(N)/C(C)=C\C(=C/C)c1ccc(C(CCC)CCC)c(C(C)CC)c1. The third-order valence-electron chi connectivity index (χ3n) is 5.47. The molecule has 0 spiro atoms. The lowest BCUT2D eigenvalue weighted by Crippen LogP contribution is -2.06. The molecule has 26 heavy (non-hydrogen) atoms. The maximum Gasteiger partial charge on any atom is 0.0270 e. The number of hydrogen-bond donors (Lipinski definition) is 1. The first-order chi connectivity index (χ1) is 12.4. The summed E-state index contributed by atoms with van der Waals surface area (Å²) in [6.45, 7) is 17.2. The number of hydrogen-bond acceptors (Lipinski definition) is 1. The lowest BCUT2D eigenvalue weighted by molar-refractivity contribution is 0.550. The molecule has 0 radical (unpaired) electrons. The van der Waals surface area contributed by atoms with Crippen molar-refractivity contribution in [3.05, 3.63) is 64.9 Å². The molecule has 0 saturated heterocycles. The molecule has 0 aliphatic heterocycles. The molecule has 2 N–H and O–H groups in total. The number of benzene rings is 1. The fraction of sp³-hybridized carbons (Fsp3) is 0.520. The summed E-state index contributed by atoms with van der Waals surface area (Å²) >= 11 is 0. The predicted octanol–water partition coefficient (Wildman–Crippen LogP) is 7.71. The maximum absolute atomic E-state index is 5.86. The van der Waals surface area contributed by atoms with Crippen LogP contribution in [-0.2, 0) is 0 Å². The Morgan fingerprint density at radius 3 is 2.19 bits per heavy atom. The molecule has 1 aromatic rings.